The van der Waals surface area contributed by atoms with Crippen LogP contribution in [0.2, 0.25) is 0 Å². The zero-order valence-electron chi connectivity index (χ0n) is 11.4. The van der Waals surface area contributed by atoms with Gasteiger partial charge in [0.1, 0.15) is 0 Å². The van der Waals surface area contributed by atoms with E-state index in [9.17, 15) is 4.79 Å². The van der Waals surface area contributed by atoms with E-state index in [2.05, 4.69) is 19.2 Å². The number of nitrogens with one attached hydrogen (secondary N) is 1. The van der Waals surface area contributed by atoms with E-state index in [-0.39, 0.29) is 5.91 Å². The lowest BCUT2D eigenvalue weighted by Crippen LogP contribution is -2.45. The summed E-state index contributed by atoms with van der Waals surface area (Å²) < 4.78 is 5.57. The molecule has 1 fully saturated rings. The molecule has 1 atom stereocenters. The lowest BCUT2D eigenvalue weighted by molar-refractivity contribution is -0.132. The zero-order chi connectivity index (χ0) is 12.7. The molecule has 1 rings (SSSR count). The molecule has 0 bridgehead atoms. The van der Waals surface area contributed by atoms with E-state index < -0.39 is 0 Å². The number of carbonyl (C=O) groups is 1. The van der Waals surface area contributed by atoms with Gasteiger partial charge in [-0.3, -0.25) is 4.79 Å². The highest BCUT2D eigenvalue weighted by molar-refractivity contribution is 5.78. The van der Waals surface area contributed by atoms with Crippen LogP contribution in [0.15, 0.2) is 0 Å². The predicted molar refractivity (Wildman–Crippen MR) is 69.0 cm³/mol. The molecule has 0 radical (unpaired) electrons. The van der Waals surface area contributed by atoms with Gasteiger partial charge in [-0.25, -0.2) is 0 Å². The standard InChI is InChI=1S/C13H26N2O2/c1-4-11(3)14-10-13(16)15-8-6-12(7-9-15)17-5-2/h11-12,14H,4-10H2,1-3H3. The van der Waals surface area contributed by atoms with Gasteiger partial charge in [-0.15, -0.1) is 0 Å². The van der Waals surface area contributed by atoms with Crippen molar-refractivity contribution < 1.29 is 9.53 Å². The molecular weight excluding hydrogens is 216 g/mol. The first-order valence-corrected chi connectivity index (χ1v) is 6.80. The molecule has 0 saturated carbocycles. The van der Waals surface area contributed by atoms with Gasteiger partial charge in [-0.2, -0.15) is 0 Å². The summed E-state index contributed by atoms with van der Waals surface area (Å²) in [5.74, 6) is 0.222. The third kappa shape index (κ3) is 5.04. The van der Waals surface area contributed by atoms with E-state index in [1.807, 2.05) is 11.8 Å². The molecule has 1 saturated heterocycles. The first-order valence-electron chi connectivity index (χ1n) is 6.80. The molecule has 1 aliphatic heterocycles. The molecule has 0 spiro atoms. The Balaban J connectivity index is 2.21. The third-order valence-electron chi connectivity index (χ3n) is 3.41. The second kappa shape index (κ2) is 7.67. The van der Waals surface area contributed by atoms with E-state index in [0.29, 0.717) is 18.7 Å². The van der Waals surface area contributed by atoms with Gasteiger partial charge in [0.15, 0.2) is 0 Å². The van der Waals surface area contributed by atoms with Crippen molar-refractivity contribution >= 4 is 5.91 Å². The number of piperidine rings is 1. The van der Waals surface area contributed by atoms with Gasteiger partial charge in [0.2, 0.25) is 5.91 Å². The number of likely N-dealkylation sites (tertiary alicyclic amines) is 1. The number of amides is 1. The van der Waals surface area contributed by atoms with Crippen molar-refractivity contribution in [2.45, 2.75) is 52.2 Å². The number of hydrogen-bond acceptors (Lipinski definition) is 3. The minimum absolute atomic E-state index is 0.222. The van der Waals surface area contributed by atoms with Crippen molar-refractivity contribution in [1.29, 1.82) is 0 Å². The first-order chi connectivity index (χ1) is 8.17. The van der Waals surface area contributed by atoms with Crippen LogP contribution in [0.5, 0.6) is 0 Å². The van der Waals surface area contributed by atoms with Crippen LogP contribution < -0.4 is 5.32 Å². The molecule has 4 nitrogen and oxygen atoms in total. The van der Waals surface area contributed by atoms with Gasteiger partial charge in [0.25, 0.3) is 0 Å². The second-order valence-corrected chi connectivity index (χ2v) is 4.73. The third-order valence-corrected chi connectivity index (χ3v) is 3.41. The molecule has 0 aromatic rings. The van der Waals surface area contributed by atoms with Crippen LogP contribution >= 0.6 is 0 Å². The fourth-order valence-electron chi connectivity index (χ4n) is 2.03. The van der Waals surface area contributed by atoms with Crippen LogP contribution in [0, 0.1) is 0 Å². The average Bonchev–Trinajstić information content (AvgIpc) is 2.36. The second-order valence-electron chi connectivity index (χ2n) is 4.73. The van der Waals surface area contributed by atoms with Gasteiger partial charge >= 0.3 is 0 Å². The van der Waals surface area contributed by atoms with E-state index in [1.165, 1.54) is 0 Å². The Morgan fingerprint density at radius 2 is 2.06 bits per heavy atom. The van der Waals surface area contributed by atoms with Gasteiger partial charge in [-0.05, 0) is 33.1 Å². The highest BCUT2D eigenvalue weighted by Gasteiger charge is 2.22. The maximum atomic E-state index is 11.9. The minimum atomic E-state index is 0.222. The van der Waals surface area contributed by atoms with E-state index in [0.717, 1.165) is 39.0 Å². The summed E-state index contributed by atoms with van der Waals surface area (Å²) in [6.45, 7) is 9.16. The Kier molecular flexibility index (Phi) is 6.52. The monoisotopic (exact) mass is 242 g/mol. The summed E-state index contributed by atoms with van der Waals surface area (Å²) in [4.78, 5) is 13.9. The van der Waals surface area contributed by atoms with Gasteiger partial charge in [0, 0.05) is 25.7 Å². The van der Waals surface area contributed by atoms with Gasteiger partial charge in [-0.1, -0.05) is 6.92 Å². The van der Waals surface area contributed by atoms with E-state index >= 15 is 0 Å². The Labute approximate surface area is 105 Å². The minimum Gasteiger partial charge on any atom is -0.378 e. The lowest BCUT2D eigenvalue weighted by Gasteiger charge is -2.32. The molecule has 0 aromatic carbocycles. The van der Waals surface area contributed by atoms with Crippen LogP contribution in [0.1, 0.15) is 40.0 Å². The number of nitrogens with zero attached hydrogens (tertiary/aromatic N) is 1. The topological polar surface area (TPSA) is 41.6 Å². The van der Waals surface area contributed by atoms with Crippen molar-refractivity contribution in [2.24, 2.45) is 0 Å². The summed E-state index contributed by atoms with van der Waals surface area (Å²) in [6, 6.07) is 0.417. The number of rotatable bonds is 6. The highest BCUT2D eigenvalue weighted by atomic mass is 16.5. The SMILES string of the molecule is CCOC1CCN(C(=O)CNC(C)CC)CC1. The Hall–Kier alpha value is -0.610. The molecule has 1 N–H and O–H groups in total. The van der Waals surface area contributed by atoms with Gasteiger partial charge in [0.05, 0.1) is 12.6 Å². The smallest absolute Gasteiger partial charge is 0.236 e. The van der Waals surface area contributed by atoms with Crippen LogP contribution in [0.4, 0.5) is 0 Å². The molecule has 1 amide bonds. The molecular formula is C13H26N2O2. The normalized spacial score (nSPS) is 19.4. The Morgan fingerprint density at radius 3 is 2.59 bits per heavy atom. The number of carbonyl (C=O) groups excluding carboxylic acids is 1. The van der Waals surface area contributed by atoms with Crippen LogP contribution in [-0.2, 0) is 9.53 Å². The summed E-state index contributed by atoms with van der Waals surface area (Å²) in [7, 11) is 0. The molecule has 4 heteroatoms. The molecule has 100 valence electrons. The first kappa shape index (κ1) is 14.5. The van der Waals surface area contributed by atoms with Crippen LogP contribution in [0.25, 0.3) is 0 Å². The Morgan fingerprint density at radius 1 is 1.41 bits per heavy atom. The zero-order valence-corrected chi connectivity index (χ0v) is 11.4. The molecule has 17 heavy (non-hydrogen) atoms. The fraction of sp³-hybridized carbons (Fsp3) is 0.923. The number of hydrogen-bond donors (Lipinski definition) is 1. The predicted octanol–water partition coefficient (Wildman–Crippen LogP) is 1.40. The maximum absolute atomic E-state index is 11.9. The van der Waals surface area contributed by atoms with Crippen molar-refractivity contribution in [1.82, 2.24) is 10.2 Å². The Bertz CT molecular complexity index is 225. The van der Waals surface area contributed by atoms with Gasteiger partial charge < -0.3 is 15.0 Å². The lowest BCUT2D eigenvalue weighted by atomic mass is 10.1. The van der Waals surface area contributed by atoms with Crippen LogP contribution in [0.3, 0.4) is 0 Å². The number of ether oxygens (including phenoxy) is 1. The van der Waals surface area contributed by atoms with Crippen molar-refractivity contribution in [3.63, 3.8) is 0 Å². The molecule has 1 aliphatic rings. The summed E-state index contributed by atoms with van der Waals surface area (Å²) >= 11 is 0. The molecule has 0 aromatic heterocycles. The van der Waals surface area contributed by atoms with Crippen LogP contribution in [-0.4, -0.2) is 49.2 Å². The summed E-state index contributed by atoms with van der Waals surface area (Å²) in [6.07, 6.45) is 3.36. The summed E-state index contributed by atoms with van der Waals surface area (Å²) in [5, 5.41) is 3.24. The largest absolute Gasteiger partial charge is 0.378 e. The van der Waals surface area contributed by atoms with E-state index in [4.69, 9.17) is 4.74 Å². The molecule has 0 aliphatic carbocycles. The molecule has 1 heterocycles. The average molecular weight is 242 g/mol. The van der Waals surface area contributed by atoms with Crippen molar-refractivity contribution in [3.8, 4) is 0 Å². The van der Waals surface area contributed by atoms with Crippen molar-refractivity contribution in [2.75, 3.05) is 26.2 Å². The van der Waals surface area contributed by atoms with Crippen molar-refractivity contribution in [3.05, 3.63) is 0 Å². The quantitative estimate of drug-likeness (QED) is 0.765. The maximum Gasteiger partial charge on any atom is 0.236 e. The highest BCUT2D eigenvalue weighted by Crippen LogP contribution is 2.13. The van der Waals surface area contributed by atoms with E-state index in [1.54, 1.807) is 0 Å². The fourth-order valence-corrected chi connectivity index (χ4v) is 2.03. The molecule has 1 unspecified atom stereocenters. The summed E-state index contributed by atoms with van der Waals surface area (Å²) in [5.41, 5.74) is 0.